The fraction of sp³-hybridized carbons (Fsp3) is 1.00. The van der Waals surface area contributed by atoms with Gasteiger partial charge in [-0.2, -0.15) is 0 Å². The molecule has 0 heterocycles. The molecule has 3 nitrogen and oxygen atoms in total. The van der Waals surface area contributed by atoms with E-state index in [1.807, 2.05) is 0 Å². The van der Waals surface area contributed by atoms with Crippen molar-refractivity contribution in [3.8, 4) is 0 Å². The Kier molecular flexibility index (Phi) is 2870. The normalized spacial score (nSPS) is 2.57. The minimum absolute atomic E-state index is 0. The van der Waals surface area contributed by atoms with Gasteiger partial charge in [-0.25, -0.2) is 0 Å². The molecule has 0 atom stereocenters. The standard InChI is InChI=1S/3CH4O.Ru/c3*1-2;/h3*2H,1H3;. The summed E-state index contributed by atoms with van der Waals surface area (Å²) in [6.45, 7) is 0. The van der Waals surface area contributed by atoms with Crippen molar-refractivity contribution in [2.24, 2.45) is 0 Å². The fourth-order valence-corrected chi connectivity index (χ4v) is 0. The second-order valence-corrected chi connectivity index (χ2v) is 0. The first-order valence-electron chi connectivity index (χ1n) is 1.34. The van der Waals surface area contributed by atoms with Gasteiger partial charge in [0.25, 0.3) is 0 Å². The van der Waals surface area contributed by atoms with Gasteiger partial charge in [-0.15, -0.1) is 0 Å². The van der Waals surface area contributed by atoms with Crippen LogP contribution in [-0.4, -0.2) is 36.6 Å². The molecule has 0 aromatic rings. The quantitative estimate of drug-likeness (QED) is 0.428. The maximum absolute atomic E-state index is 7.00. The Morgan fingerprint density at radius 2 is 0.571 bits per heavy atom. The summed E-state index contributed by atoms with van der Waals surface area (Å²) in [6, 6.07) is 0. The van der Waals surface area contributed by atoms with E-state index in [1.165, 1.54) is 0 Å². The van der Waals surface area contributed by atoms with Crippen LogP contribution in [0.5, 0.6) is 0 Å². The Balaban J connectivity index is -0.00000000900. The second-order valence-electron chi connectivity index (χ2n) is 0. The van der Waals surface area contributed by atoms with E-state index in [-0.39, 0.29) is 19.5 Å². The van der Waals surface area contributed by atoms with E-state index < -0.39 is 0 Å². The first-order valence-corrected chi connectivity index (χ1v) is 1.34. The minimum atomic E-state index is 0. The summed E-state index contributed by atoms with van der Waals surface area (Å²) < 4.78 is 0. The van der Waals surface area contributed by atoms with E-state index in [4.69, 9.17) is 15.3 Å². The number of rotatable bonds is 0. The molecule has 0 aliphatic heterocycles. The van der Waals surface area contributed by atoms with Gasteiger partial charge in [-0.1, -0.05) is 0 Å². The van der Waals surface area contributed by atoms with Gasteiger partial charge in [0.2, 0.25) is 0 Å². The molecule has 4 heteroatoms. The summed E-state index contributed by atoms with van der Waals surface area (Å²) >= 11 is 0. The molecule has 0 aromatic carbocycles. The van der Waals surface area contributed by atoms with Gasteiger partial charge in [-0.05, 0) is 0 Å². The van der Waals surface area contributed by atoms with Gasteiger partial charge in [0.1, 0.15) is 0 Å². The van der Waals surface area contributed by atoms with Crippen molar-refractivity contribution in [3.05, 3.63) is 0 Å². The maximum Gasteiger partial charge on any atom is 0.0319 e. The summed E-state index contributed by atoms with van der Waals surface area (Å²) in [6.07, 6.45) is 0. The smallest absolute Gasteiger partial charge is 0.0319 e. The maximum atomic E-state index is 7.00. The Morgan fingerprint density at radius 3 is 0.571 bits per heavy atom. The van der Waals surface area contributed by atoms with Gasteiger partial charge in [0.05, 0.1) is 0 Å². The topological polar surface area (TPSA) is 60.7 Å². The molecule has 0 aromatic heterocycles. The first-order chi connectivity index (χ1) is 3.00. The van der Waals surface area contributed by atoms with E-state index in [0.717, 1.165) is 21.3 Å². The molecule has 0 saturated heterocycles. The van der Waals surface area contributed by atoms with E-state index in [9.17, 15) is 0 Å². The summed E-state index contributed by atoms with van der Waals surface area (Å²) in [7, 11) is 3.00. The van der Waals surface area contributed by atoms with Crippen molar-refractivity contribution in [2.75, 3.05) is 21.3 Å². The fourth-order valence-electron chi connectivity index (χ4n) is 0. The van der Waals surface area contributed by atoms with Crippen molar-refractivity contribution in [1.82, 2.24) is 0 Å². The number of hydrogen-bond donors (Lipinski definition) is 3. The zero-order valence-corrected chi connectivity index (χ0v) is 6.43. The molecule has 0 bridgehead atoms. The Hall–Kier alpha value is 0.503. The van der Waals surface area contributed by atoms with E-state index in [1.54, 1.807) is 0 Å². The van der Waals surface area contributed by atoms with Gasteiger partial charge in [0, 0.05) is 40.8 Å². The number of aliphatic hydroxyl groups excluding tert-OH is 3. The molecule has 50 valence electrons. The minimum Gasteiger partial charge on any atom is -0.400 e. The van der Waals surface area contributed by atoms with Crippen molar-refractivity contribution >= 4 is 0 Å². The van der Waals surface area contributed by atoms with Crippen LogP contribution in [0.3, 0.4) is 0 Å². The van der Waals surface area contributed by atoms with Crippen LogP contribution < -0.4 is 0 Å². The van der Waals surface area contributed by atoms with E-state index in [2.05, 4.69) is 0 Å². The third-order valence-corrected chi connectivity index (χ3v) is 0. The van der Waals surface area contributed by atoms with E-state index in [0.29, 0.717) is 0 Å². The van der Waals surface area contributed by atoms with Gasteiger partial charge >= 0.3 is 0 Å². The molecule has 7 heavy (non-hydrogen) atoms. The molecular weight excluding hydrogens is 185 g/mol. The molecule has 0 unspecified atom stereocenters. The SMILES string of the molecule is CO.CO.CO.[Ru]. The molecule has 0 aliphatic carbocycles. The predicted molar refractivity (Wildman–Crippen MR) is 24.4 cm³/mol. The van der Waals surface area contributed by atoms with Gasteiger partial charge < -0.3 is 15.3 Å². The molecule has 0 aliphatic rings. The Bertz CT molecular complexity index is 10.1. The molecule has 0 spiro atoms. The van der Waals surface area contributed by atoms with Crippen LogP contribution in [-0.2, 0) is 19.5 Å². The average Bonchev–Trinajstić information content (AvgIpc) is 1.81. The third kappa shape index (κ3) is 521. The van der Waals surface area contributed by atoms with Crippen LogP contribution >= 0.6 is 0 Å². The first kappa shape index (κ1) is 25.9. The van der Waals surface area contributed by atoms with Crippen molar-refractivity contribution in [2.45, 2.75) is 0 Å². The van der Waals surface area contributed by atoms with Crippen LogP contribution in [0.1, 0.15) is 0 Å². The zero-order valence-electron chi connectivity index (χ0n) is 4.70. The summed E-state index contributed by atoms with van der Waals surface area (Å²) in [5.41, 5.74) is 0. The van der Waals surface area contributed by atoms with Crippen molar-refractivity contribution in [1.29, 1.82) is 0 Å². The number of hydrogen-bond acceptors (Lipinski definition) is 3. The summed E-state index contributed by atoms with van der Waals surface area (Å²) in [5, 5.41) is 21.0. The number of aliphatic hydroxyl groups is 3. The van der Waals surface area contributed by atoms with Crippen LogP contribution in [0, 0.1) is 0 Å². The van der Waals surface area contributed by atoms with Crippen LogP contribution in [0.15, 0.2) is 0 Å². The van der Waals surface area contributed by atoms with Crippen LogP contribution in [0.2, 0.25) is 0 Å². The Labute approximate surface area is 56.7 Å². The predicted octanol–water partition coefficient (Wildman–Crippen LogP) is -1.18. The van der Waals surface area contributed by atoms with E-state index >= 15 is 0 Å². The summed E-state index contributed by atoms with van der Waals surface area (Å²) in [5.74, 6) is 0. The third-order valence-electron chi connectivity index (χ3n) is 0. The van der Waals surface area contributed by atoms with Crippen molar-refractivity contribution < 1.29 is 34.8 Å². The monoisotopic (exact) mass is 198 g/mol. The van der Waals surface area contributed by atoms with Crippen molar-refractivity contribution in [3.63, 3.8) is 0 Å². The molecular formula is C3H12O3Ru. The largest absolute Gasteiger partial charge is 0.400 e. The van der Waals surface area contributed by atoms with Gasteiger partial charge in [0.15, 0.2) is 0 Å². The molecule has 0 saturated carbocycles. The average molecular weight is 197 g/mol. The summed E-state index contributed by atoms with van der Waals surface area (Å²) in [4.78, 5) is 0. The Morgan fingerprint density at radius 1 is 0.571 bits per heavy atom. The molecule has 3 N–H and O–H groups in total. The molecule has 0 amide bonds. The van der Waals surface area contributed by atoms with Gasteiger partial charge in [-0.3, -0.25) is 0 Å². The molecule has 0 rings (SSSR count). The van der Waals surface area contributed by atoms with Crippen LogP contribution in [0.4, 0.5) is 0 Å². The zero-order chi connectivity index (χ0) is 6.00. The second kappa shape index (κ2) is 777. The molecule has 0 fully saturated rings. The van der Waals surface area contributed by atoms with Crippen LogP contribution in [0.25, 0.3) is 0 Å². The molecule has 0 radical (unpaired) electrons.